The molecule has 9 nitrogen and oxygen atoms in total. The number of pyridine rings is 1. The molecule has 9 heteroatoms. The minimum Gasteiger partial charge on any atom is -0.481 e. The lowest BCUT2D eigenvalue weighted by molar-refractivity contribution is -0.174. The highest BCUT2D eigenvalue weighted by Crippen LogP contribution is 2.46. The third-order valence-electron chi connectivity index (χ3n) is 5.63. The van der Waals surface area contributed by atoms with Crippen LogP contribution in [0.1, 0.15) is 56.0 Å². The number of nitrogens with zero attached hydrogens (tertiary/aromatic N) is 1. The van der Waals surface area contributed by atoms with Crippen molar-refractivity contribution in [3.8, 4) is 0 Å². The molecule has 2 atom stereocenters. The van der Waals surface area contributed by atoms with Crippen molar-refractivity contribution in [1.82, 2.24) is 4.98 Å². The van der Waals surface area contributed by atoms with Crippen LogP contribution in [0.5, 0.6) is 0 Å². The van der Waals surface area contributed by atoms with E-state index in [-0.39, 0.29) is 5.41 Å². The van der Waals surface area contributed by atoms with Crippen molar-refractivity contribution in [3.63, 3.8) is 0 Å². The number of aliphatic hydroxyl groups is 1. The smallest absolute Gasteiger partial charge is 0.336 e. The van der Waals surface area contributed by atoms with Crippen LogP contribution in [0.3, 0.4) is 0 Å². The zero-order valence-corrected chi connectivity index (χ0v) is 17.6. The van der Waals surface area contributed by atoms with Gasteiger partial charge < -0.3 is 25.8 Å². The summed E-state index contributed by atoms with van der Waals surface area (Å²) in [5.41, 5.74) is 6.82. The fraction of sp³-hybridized carbons (Fsp3) is 0.455. The molecule has 5 N–H and O–H groups in total. The normalized spacial score (nSPS) is 19.3. The number of fused-ring (bicyclic) bond motifs is 2. The first-order valence-corrected chi connectivity index (χ1v) is 9.87. The van der Waals surface area contributed by atoms with Crippen molar-refractivity contribution < 1.29 is 34.4 Å². The summed E-state index contributed by atoms with van der Waals surface area (Å²) in [6.45, 7) is 5.89. The summed E-state index contributed by atoms with van der Waals surface area (Å²) in [6, 6.07) is 5.65. The summed E-state index contributed by atoms with van der Waals surface area (Å²) in [6.07, 6.45) is -1.90. The lowest BCUT2D eigenvalue weighted by Gasteiger charge is -2.37. The number of carbonyl (C=O) groups excluding carboxylic acids is 1. The highest BCUT2D eigenvalue weighted by molar-refractivity contribution is 5.95. The molecule has 0 fully saturated rings. The van der Waals surface area contributed by atoms with Gasteiger partial charge in [0.25, 0.3) is 0 Å². The molecule has 0 radical (unpaired) electrons. The van der Waals surface area contributed by atoms with Gasteiger partial charge in [-0.05, 0) is 36.8 Å². The number of carboxylic acid groups (broad SMARTS) is 2. The molecule has 0 saturated carbocycles. The lowest BCUT2D eigenvalue weighted by Crippen LogP contribution is -2.43. The second-order valence-electron chi connectivity index (χ2n) is 8.96. The van der Waals surface area contributed by atoms with Crippen molar-refractivity contribution in [3.05, 3.63) is 35.0 Å². The second-order valence-corrected chi connectivity index (χ2v) is 8.96. The van der Waals surface area contributed by atoms with Crippen molar-refractivity contribution >= 4 is 34.5 Å². The molecule has 1 aromatic carbocycles. The highest BCUT2D eigenvalue weighted by atomic mass is 16.5. The lowest BCUT2D eigenvalue weighted by atomic mass is 9.74. The van der Waals surface area contributed by atoms with Gasteiger partial charge in [0.15, 0.2) is 5.60 Å². The average Bonchev–Trinajstić information content (AvgIpc) is 2.58. The van der Waals surface area contributed by atoms with Crippen molar-refractivity contribution in [2.75, 3.05) is 5.73 Å². The third-order valence-corrected chi connectivity index (χ3v) is 5.63. The maximum Gasteiger partial charge on any atom is 0.336 e. The molecule has 1 aliphatic rings. The predicted molar refractivity (Wildman–Crippen MR) is 111 cm³/mol. The Bertz CT molecular complexity index is 1080. The molecule has 2 unspecified atom stereocenters. The molecule has 0 amide bonds. The predicted octanol–water partition coefficient (Wildman–Crippen LogP) is 2.36. The van der Waals surface area contributed by atoms with Crippen molar-refractivity contribution in [1.29, 1.82) is 0 Å². The quantitative estimate of drug-likeness (QED) is 0.504. The Balaban J connectivity index is 1.99. The van der Waals surface area contributed by atoms with E-state index in [2.05, 4.69) is 0 Å². The molecule has 1 aromatic heterocycles. The van der Waals surface area contributed by atoms with Gasteiger partial charge in [-0.25, -0.2) is 4.79 Å². The number of carbonyl (C=O) groups is 3. The molecule has 1 heterocycles. The largest absolute Gasteiger partial charge is 0.481 e. The number of aryl methyl sites for hydroxylation is 1. The van der Waals surface area contributed by atoms with Gasteiger partial charge in [-0.1, -0.05) is 26.0 Å². The Labute approximate surface area is 178 Å². The number of nitrogens with two attached hydrogens (primary N) is 1. The highest BCUT2D eigenvalue weighted by Gasteiger charge is 2.43. The standard InChI is InChI=1S/C22H26N2O7/c1-11-5-4-6-12-17(11)19(23)18-13(24-12)7-21(2,3)8-14(18)31-16(27)10-22(30,20(28)29)9-15(25)26/h4-6,14,30H,7-10H2,1-3H3,(H2,23,24)(H,25,26)(H,28,29). The third kappa shape index (κ3) is 4.46. The van der Waals surface area contributed by atoms with Crippen molar-refractivity contribution in [2.24, 2.45) is 5.41 Å². The van der Waals surface area contributed by atoms with Gasteiger partial charge in [0.05, 0.1) is 29.7 Å². The van der Waals surface area contributed by atoms with Gasteiger partial charge in [-0.3, -0.25) is 14.6 Å². The fourth-order valence-corrected chi connectivity index (χ4v) is 4.22. The number of anilines is 1. The van der Waals surface area contributed by atoms with E-state index in [1.165, 1.54) is 0 Å². The summed E-state index contributed by atoms with van der Waals surface area (Å²) in [4.78, 5) is 39.6. The van der Waals surface area contributed by atoms with Gasteiger partial charge in [-0.15, -0.1) is 0 Å². The number of aromatic nitrogens is 1. The number of hydrogen-bond acceptors (Lipinski definition) is 7. The number of nitrogen functional groups attached to an aromatic ring is 1. The van der Waals surface area contributed by atoms with Crippen LogP contribution in [0.2, 0.25) is 0 Å². The van der Waals surface area contributed by atoms with Crippen LogP contribution in [0.25, 0.3) is 10.9 Å². The number of benzene rings is 1. The maximum atomic E-state index is 12.6. The minimum atomic E-state index is -2.76. The van der Waals surface area contributed by atoms with Gasteiger partial charge in [0.2, 0.25) is 0 Å². The average molecular weight is 430 g/mol. The Morgan fingerprint density at radius 3 is 2.55 bits per heavy atom. The Hall–Kier alpha value is -3.20. The summed E-state index contributed by atoms with van der Waals surface area (Å²) < 4.78 is 5.58. The summed E-state index contributed by atoms with van der Waals surface area (Å²) >= 11 is 0. The van der Waals surface area contributed by atoms with Crippen LogP contribution >= 0.6 is 0 Å². The molecule has 31 heavy (non-hydrogen) atoms. The summed E-state index contributed by atoms with van der Waals surface area (Å²) in [7, 11) is 0. The van der Waals surface area contributed by atoms with Crippen LogP contribution in [0.4, 0.5) is 5.69 Å². The van der Waals surface area contributed by atoms with E-state index < -0.39 is 42.5 Å². The molecule has 1 aliphatic carbocycles. The fourth-order valence-electron chi connectivity index (χ4n) is 4.22. The topological polar surface area (TPSA) is 160 Å². The number of esters is 1. The molecule has 0 bridgehead atoms. The van der Waals surface area contributed by atoms with Crippen LogP contribution < -0.4 is 5.73 Å². The van der Waals surface area contributed by atoms with E-state index in [9.17, 15) is 24.6 Å². The van der Waals surface area contributed by atoms with Gasteiger partial charge in [0.1, 0.15) is 6.10 Å². The molecule has 3 rings (SSSR count). The maximum absolute atomic E-state index is 12.6. The second kappa shape index (κ2) is 7.81. The van der Waals surface area contributed by atoms with E-state index in [4.69, 9.17) is 20.6 Å². The first kappa shape index (κ1) is 22.5. The van der Waals surface area contributed by atoms with Crippen LogP contribution in [-0.4, -0.2) is 43.8 Å². The summed E-state index contributed by atoms with van der Waals surface area (Å²) in [5, 5.41) is 29.0. The number of hydrogen-bond donors (Lipinski definition) is 4. The van der Waals surface area contributed by atoms with E-state index in [0.717, 1.165) is 16.5 Å². The molecular weight excluding hydrogens is 404 g/mol. The van der Waals surface area contributed by atoms with Gasteiger partial charge >= 0.3 is 17.9 Å². The first-order valence-electron chi connectivity index (χ1n) is 9.87. The molecule has 166 valence electrons. The molecule has 0 aliphatic heterocycles. The zero-order valence-electron chi connectivity index (χ0n) is 17.6. The zero-order chi connectivity index (χ0) is 23.1. The van der Waals surface area contributed by atoms with E-state index in [1.54, 1.807) is 0 Å². The van der Waals surface area contributed by atoms with E-state index in [1.807, 2.05) is 39.0 Å². The molecular formula is C22H26N2O7. The molecule has 2 aromatic rings. The Morgan fingerprint density at radius 1 is 1.26 bits per heavy atom. The SMILES string of the molecule is Cc1cccc2nc3c(c(N)c12)C(OC(=O)CC(O)(CC(=O)O)C(=O)O)CC(C)(C)C3. The first-order chi connectivity index (χ1) is 14.3. The summed E-state index contributed by atoms with van der Waals surface area (Å²) in [5.74, 6) is -4.37. The minimum absolute atomic E-state index is 0.279. The van der Waals surface area contributed by atoms with E-state index in [0.29, 0.717) is 29.8 Å². The van der Waals surface area contributed by atoms with E-state index >= 15 is 0 Å². The Morgan fingerprint density at radius 2 is 1.94 bits per heavy atom. The van der Waals surface area contributed by atoms with Gasteiger partial charge in [0, 0.05) is 10.9 Å². The van der Waals surface area contributed by atoms with Gasteiger partial charge in [-0.2, -0.15) is 0 Å². The number of aliphatic carboxylic acids is 2. The van der Waals surface area contributed by atoms with Crippen LogP contribution in [-0.2, 0) is 25.5 Å². The van der Waals surface area contributed by atoms with Crippen LogP contribution in [0.15, 0.2) is 18.2 Å². The Kier molecular flexibility index (Phi) is 5.66. The number of ether oxygens (including phenoxy) is 1. The van der Waals surface area contributed by atoms with Crippen molar-refractivity contribution in [2.45, 2.75) is 58.2 Å². The number of rotatable bonds is 6. The monoisotopic (exact) mass is 430 g/mol. The molecule has 0 saturated heterocycles. The van der Waals surface area contributed by atoms with Crippen LogP contribution in [0, 0.1) is 12.3 Å². The molecule has 0 spiro atoms. The number of carboxylic acids is 2.